The number of halogens is 1. The van der Waals surface area contributed by atoms with Gasteiger partial charge in [-0.15, -0.1) is 0 Å². The van der Waals surface area contributed by atoms with E-state index in [4.69, 9.17) is 21.9 Å². The number of nitrogens with two attached hydrogens (primary N) is 1. The third kappa shape index (κ3) is 8.30. The molecule has 17 heteroatoms. The van der Waals surface area contributed by atoms with E-state index in [0.29, 0.717) is 17.1 Å². The summed E-state index contributed by atoms with van der Waals surface area (Å²) < 4.78 is 58.2. The molecule has 0 unspecified atom stereocenters. The Hall–Kier alpha value is -3.57. The Kier molecular flexibility index (Phi) is 8.03. The van der Waals surface area contributed by atoms with Crippen molar-refractivity contribution < 1.29 is 30.4 Å². The fourth-order valence-corrected chi connectivity index (χ4v) is 4.30. The van der Waals surface area contributed by atoms with Gasteiger partial charge in [-0.3, -0.25) is 4.55 Å². The van der Waals surface area contributed by atoms with Crippen molar-refractivity contribution in [2.24, 2.45) is 5.73 Å². The fourth-order valence-electron chi connectivity index (χ4n) is 2.65. The van der Waals surface area contributed by atoms with Crippen LogP contribution in [0, 0.1) is 0 Å². The maximum atomic E-state index is 12.3. The molecule has 0 bridgehead atoms. The summed E-state index contributed by atoms with van der Waals surface area (Å²) in [6.07, 6.45) is 0. The summed E-state index contributed by atoms with van der Waals surface area (Å²) in [4.78, 5) is 23.1. The second kappa shape index (κ2) is 10.8. The van der Waals surface area contributed by atoms with Crippen molar-refractivity contribution >= 4 is 66.8 Å². The number of urea groups is 1. The van der Waals surface area contributed by atoms with Gasteiger partial charge in [-0.05, 0) is 54.1 Å². The second-order valence-corrected chi connectivity index (χ2v) is 10.2. The first-order chi connectivity index (χ1) is 16.4. The molecule has 0 aliphatic heterocycles. The van der Waals surface area contributed by atoms with Gasteiger partial charge in [0.1, 0.15) is 0 Å². The number of carbonyl (C=O) groups is 1. The molecule has 14 nitrogen and oxygen atoms in total. The quantitative estimate of drug-likeness (QED) is 0.232. The molecule has 186 valence electrons. The number of aromatic nitrogens is 3. The highest BCUT2D eigenvalue weighted by Gasteiger charge is 2.16. The molecule has 0 saturated heterocycles. The van der Waals surface area contributed by atoms with Gasteiger partial charge in [0.05, 0.1) is 17.3 Å². The topological polar surface area (TPSA) is 216 Å². The number of hydrogen-bond donors (Lipinski definition) is 5. The van der Waals surface area contributed by atoms with Gasteiger partial charge < -0.3 is 21.7 Å². The highest BCUT2D eigenvalue weighted by Crippen LogP contribution is 2.22. The van der Waals surface area contributed by atoms with Crippen LogP contribution in [0.3, 0.4) is 0 Å². The summed E-state index contributed by atoms with van der Waals surface area (Å²) in [7, 11) is -8.60. The number of anilines is 5. The van der Waals surface area contributed by atoms with Gasteiger partial charge in [-0.1, -0.05) is 6.07 Å². The van der Waals surface area contributed by atoms with E-state index >= 15 is 0 Å². The molecule has 1 heterocycles. The maximum absolute atomic E-state index is 12.3. The SMILES string of the molecule is NC(=O)Nc1cccc(Nc2nc(Cl)nc(Nc3ccc(S(=O)(=O)CCOS(=O)(=O)O)cc3)n2)c1. The zero-order valence-electron chi connectivity index (χ0n) is 17.5. The zero-order chi connectivity index (χ0) is 25.6. The van der Waals surface area contributed by atoms with Crippen LogP contribution in [-0.4, -0.2) is 54.7 Å². The number of hydrogen-bond acceptors (Lipinski definition) is 11. The molecular weight excluding hydrogens is 526 g/mol. The fraction of sp³-hybridized carbons (Fsp3) is 0.111. The first-order valence-electron chi connectivity index (χ1n) is 9.46. The summed E-state index contributed by atoms with van der Waals surface area (Å²) in [5.41, 5.74) is 6.50. The lowest BCUT2D eigenvalue weighted by molar-refractivity contribution is 0.259. The van der Waals surface area contributed by atoms with Crippen molar-refractivity contribution in [3.63, 3.8) is 0 Å². The largest absolute Gasteiger partial charge is 0.397 e. The molecule has 0 aliphatic carbocycles. The van der Waals surface area contributed by atoms with E-state index in [9.17, 15) is 21.6 Å². The Morgan fingerprint density at radius 3 is 2.14 bits per heavy atom. The van der Waals surface area contributed by atoms with Crippen LogP contribution in [0.5, 0.6) is 0 Å². The van der Waals surface area contributed by atoms with Crippen molar-refractivity contribution in [3.05, 3.63) is 53.8 Å². The number of primary amides is 1. The molecule has 35 heavy (non-hydrogen) atoms. The highest BCUT2D eigenvalue weighted by atomic mass is 35.5. The molecule has 2 amide bonds. The van der Waals surface area contributed by atoms with E-state index in [0.717, 1.165) is 0 Å². The molecule has 3 rings (SSSR count). The van der Waals surface area contributed by atoms with Crippen molar-refractivity contribution in [2.75, 3.05) is 28.3 Å². The third-order valence-electron chi connectivity index (χ3n) is 4.05. The van der Waals surface area contributed by atoms with Crippen molar-refractivity contribution in [2.45, 2.75) is 4.90 Å². The minimum Gasteiger partial charge on any atom is -0.351 e. The maximum Gasteiger partial charge on any atom is 0.397 e. The minimum absolute atomic E-state index is 0.0519. The van der Waals surface area contributed by atoms with Gasteiger partial charge in [-0.2, -0.15) is 23.4 Å². The number of benzene rings is 2. The summed E-state index contributed by atoms with van der Waals surface area (Å²) in [5, 5.41) is 8.08. The van der Waals surface area contributed by atoms with Crippen LogP contribution in [0.25, 0.3) is 0 Å². The van der Waals surface area contributed by atoms with E-state index in [1.54, 1.807) is 24.3 Å². The smallest absolute Gasteiger partial charge is 0.351 e. The number of sulfone groups is 1. The van der Waals surface area contributed by atoms with Gasteiger partial charge in [0.15, 0.2) is 9.84 Å². The van der Waals surface area contributed by atoms with Gasteiger partial charge in [0.25, 0.3) is 0 Å². The zero-order valence-corrected chi connectivity index (χ0v) is 19.9. The molecule has 0 spiro atoms. The second-order valence-electron chi connectivity index (χ2n) is 6.66. The lowest BCUT2D eigenvalue weighted by Crippen LogP contribution is -2.19. The third-order valence-corrected chi connectivity index (χ3v) is 6.38. The monoisotopic (exact) mass is 543 g/mol. The minimum atomic E-state index is -4.74. The lowest BCUT2D eigenvalue weighted by atomic mass is 10.3. The molecule has 0 fully saturated rings. The Labute approximate surface area is 204 Å². The van der Waals surface area contributed by atoms with Crippen LogP contribution in [0.4, 0.5) is 33.8 Å². The van der Waals surface area contributed by atoms with Crippen LogP contribution in [0.1, 0.15) is 0 Å². The van der Waals surface area contributed by atoms with E-state index in [1.807, 2.05) is 0 Å². The molecule has 0 atom stereocenters. The van der Waals surface area contributed by atoms with E-state index in [2.05, 4.69) is 35.1 Å². The molecular formula is C18H18ClN7O7S2. The van der Waals surface area contributed by atoms with Crippen LogP contribution in [-0.2, 0) is 24.4 Å². The Morgan fingerprint density at radius 1 is 0.943 bits per heavy atom. The predicted octanol–water partition coefficient (Wildman–Crippen LogP) is 2.10. The number of carbonyl (C=O) groups excluding carboxylic acids is 1. The molecule has 3 aromatic rings. The van der Waals surface area contributed by atoms with Crippen LogP contribution in [0.2, 0.25) is 5.28 Å². The van der Waals surface area contributed by atoms with Crippen LogP contribution in [0.15, 0.2) is 53.4 Å². The van der Waals surface area contributed by atoms with Crippen molar-refractivity contribution in [3.8, 4) is 0 Å². The Morgan fingerprint density at radius 2 is 1.54 bits per heavy atom. The summed E-state index contributed by atoms with van der Waals surface area (Å²) in [6.45, 7) is -0.734. The molecule has 0 aliphatic rings. The standard InChI is InChI=1S/C18H18ClN7O7S2/c19-15-24-17(26-18(25-15)23-13-3-1-2-12(10-13)21-16(20)27)22-11-4-6-14(7-5-11)34(28,29)9-8-33-35(30,31)32/h1-7,10H,8-9H2,(H3,20,21,27)(H,30,31,32)(H2,22,23,24,25,26). The number of nitrogens with zero attached hydrogens (tertiary/aromatic N) is 3. The first kappa shape index (κ1) is 26.0. The Bertz CT molecular complexity index is 1440. The summed E-state index contributed by atoms with van der Waals surface area (Å²) in [5.74, 6) is -0.522. The van der Waals surface area contributed by atoms with Crippen molar-refractivity contribution in [1.82, 2.24) is 15.0 Å². The van der Waals surface area contributed by atoms with Crippen LogP contribution >= 0.6 is 11.6 Å². The van der Waals surface area contributed by atoms with E-state index < -0.39 is 38.6 Å². The van der Waals surface area contributed by atoms with Crippen LogP contribution < -0.4 is 21.7 Å². The van der Waals surface area contributed by atoms with Gasteiger partial charge in [0, 0.05) is 17.1 Å². The molecule has 0 saturated carbocycles. The van der Waals surface area contributed by atoms with Gasteiger partial charge in [0.2, 0.25) is 17.2 Å². The van der Waals surface area contributed by atoms with E-state index in [1.165, 1.54) is 24.3 Å². The molecule has 0 radical (unpaired) electrons. The van der Waals surface area contributed by atoms with Gasteiger partial charge >= 0.3 is 16.4 Å². The molecule has 1 aromatic heterocycles. The van der Waals surface area contributed by atoms with Crippen molar-refractivity contribution in [1.29, 1.82) is 0 Å². The van der Waals surface area contributed by atoms with Gasteiger partial charge in [-0.25, -0.2) is 17.4 Å². The number of nitrogens with one attached hydrogen (secondary N) is 3. The predicted molar refractivity (Wildman–Crippen MR) is 127 cm³/mol. The summed E-state index contributed by atoms with van der Waals surface area (Å²) in [6, 6.07) is 11.3. The Balaban J connectivity index is 1.70. The number of rotatable bonds is 10. The molecule has 2 aromatic carbocycles. The number of amides is 2. The summed E-state index contributed by atoms with van der Waals surface area (Å²) >= 11 is 5.98. The average molecular weight is 544 g/mol. The average Bonchev–Trinajstić information content (AvgIpc) is 2.72. The lowest BCUT2D eigenvalue weighted by Gasteiger charge is -2.10. The first-order valence-corrected chi connectivity index (χ1v) is 12.9. The van der Waals surface area contributed by atoms with E-state index in [-0.39, 0.29) is 22.1 Å². The normalized spacial score (nSPS) is 11.6. The molecule has 6 N–H and O–H groups in total. The highest BCUT2D eigenvalue weighted by molar-refractivity contribution is 7.91.